The van der Waals surface area contributed by atoms with Gasteiger partial charge in [-0.1, -0.05) is 109 Å². The molecule has 2 aromatic carbocycles. The number of carbonyl (C=O) groups is 2. The highest BCUT2D eigenvalue weighted by molar-refractivity contribution is 5.81. The van der Waals surface area contributed by atoms with Crippen LogP contribution in [0.25, 0.3) is 0 Å². The van der Waals surface area contributed by atoms with Crippen molar-refractivity contribution in [1.82, 2.24) is 10.2 Å². The monoisotopic (exact) mass is 751 g/mol. The van der Waals surface area contributed by atoms with E-state index >= 15 is 0 Å². The van der Waals surface area contributed by atoms with Crippen LogP contribution < -0.4 is 14.8 Å². The van der Waals surface area contributed by atoms with Gasteiger partial charge >= 0.3 is 11.9 Å². The number of likely N-dealkylation sites (tertiary alicyclic amines) is 1. The Hall–Kier alpha value is -3.36. The van der Waals surface area contributed by atoms with Gasteiger partial charge in [-0.3, -0.25) is 4.79 Å². The maximum absolute atomic E-state index is 10.8. The van der Waals surface area contributed by atoms with Gasteiger partial charge in [0, 0.05) is 25.7 Å². The summed E-state index contributed by atoms with van der Waals surface area (Å²) in [6, 6.07) is 17.2. The molecule has 2 aliphatic rings. The Labute approximate surface area is 328 Å². The van der Waals surface area contributed by atoms with Crippen LogP contribution in [0.3, 0.4) is 0 Å². The average molecular weight is 751 g/mol. The molecule has 2 aromatic rings. The molecule has 0 bridgehead atoms. The van der Waals surface area contributed by atoms with Crippen molar-refractivity contribution in [1.29, 1.82) is 0 Å². The first-order valence-electron chi connectivity index (χ1n) is 21.3. The Morgan fingerprint density at radius 2 is 1.35 bits per heavy atom. The van der Waals surface area contributed by atoms with E-state index in [1.54, 1.807) is 6.92 Å². The summed E-state index contributed by atoms with van der Waals surface area (Å²) in [4.78, 5) is 23.1. The maximum atomic E-state index is 10.8. The molecule has 2 fully saturated rings. The lowest BCUT2D eigenvalue weighted by molar-refractivity contribution is -0.138. The summed E-state index contributed by atoms with van der Waals surface area (Å²) in [6.45, 7) is 16.4. The van der Waals surface area contributed by atoms with Crippen molar-refractivity contribution >= 4 is 11.9 Å². The van der Waals surface area contributed by atoms with Crippen LogP contribution in [0.5, 0.6) is 11.5 Å². The van der Waals surface area contributed by atoms with Gasteiger partial charge in [-0.2, -0.15) is 0 Å². The molecule has 2 saturated heterocycles. The van der Waals surface area contributed by atoms with Crippen molar-refractivity contribution in [2.75, 3.05) is 52.5 Å². The smallest absolute Gasteiger partial charge is 0.330 e. The molecule has 0 spiro atoms. The molecule has 54 heavy (non-hydrogen) atoms. The molecule has 8 nitrogen and oxygen atoms in total. The molecule has 2 atom stereocenters. The van der Waals surface area contributed by atoms with E-state index in [0.29, 0.717) is 25.0 Å². The zero-order valence-electron chi connectivity index (χ0n) is 34.2. The van der Waals surface area contributed by atoms with E-state index in [-0.39, 0.29) is 12.4 Å². The minimum Gasteiger partial charge on any atom is -0.494 e. The highest BCUT2D eigenvalue weighted by Gasteiger charge is 2.22. The first-order valence-corrected chi connectivity index (χ1v) is 21.3. The van der Waals surface area contributed by atoms with Gasteiger partial charge in [0.1, 0.15) is 11.5 Å². The number of carboxylic acid groups (broad SMARTS) is 1. The average Bonchev–Trinajstić information content (AvgIpc) is 3.20. The topological polar surface area (TPSA) is 97.3 Å². The van der Waals surface area contributed by atoms with Crippen LogP contribution in [0.2, 0.25) is 0 Å². The Bertz CT molecular complexity index is 1260. The van der Waals surface area contributed by atoms with E-state index in [2.05, 4.69) is 77.8 Å². The number of carbonyl (C=O) groups excluding carboxylic acids is 1. The van der Waals surface area contributed by atoms with E-state index in [1.165, 1.54) is 108 Å². The molecule has 4 rings (SSSR count). The van der Waals surface area contributed by atoms with Gasteiger partial charge in [0.25, 0.3) is 0 Å². The maximum Gasteiger partial charge on any atom is 0.330 e. The van der Waals surface area contributed by atoms with Gasteiger partial charge in [-0.05, 0) is 106 Å². The second-order valence-electron chi connectivity index (χ2n) is 14.7. The first kappa shape index (κ1) is 46.8. The number of aliphatic carboxylic acids is 1. The zero-order valence-corrected chi connectivity index (χ0v) is 34.2. The minimum atomic E-state index is -0.711. The van der Waals surface area contributed by atoms with Gasteiger partial charge in [-0.25, -0.2) is 4.79 Å². The number of nitrogens with one attached hydrogen (secondary N) is 1. The predicted octanol–water partition coefficient (Wildman–Crippen LogP) is 10.7. The van der Waals surface area contributed by atoms with Gasteiger partial charge in [-0.15, -0.1) is 0 Å². The normalized spacial score (nSPS) is 16.9. The third-order valence-corrected chi connectivity index (χ3v) is 10.1. The highest BCUT2D eigenvalue weighted by atomic mass is 16.5. The molecule has 2 aliphatic heterocycles. The highest BCUT2D eigenvalue weighted by Crippen LogP contribution is 2.30. The third kappa shape index (κ3) is 22.1. The van der Waals surface area contributed by atoms with E-state index in [0.717, 1.165) is 63.3 Å². The lowest BCUT2D eigenvalue weighted by atomic mass is 9.90. The SMILES string of the molecule is C=CC(=O)OCC.CCCCCCCCOc1cccc(C2CCCN(CCC(=O)O)C2)c1.CCCCCCCCOc1cccc(C2CCCNC2)c1. The molecule has 2 unspecified atom stereocenters. The number of benzene rings is 2. The van der Waals surface area contributed by atoms with E-state index in [9.17, 15) is 9.59 Å². The third-order valence-electron chi connectivity index (χ3n) is 10.1. The largest absolute Gasteiger partial charge is 0.494 e. The quantitative estimate of drug-likeness (QED) is 0.0658. The zero-order chi connectivity index (χ0) is 39.1. The van der Waals surface area contributed by atoms with Crippen LogP contribution in [0.15, 0.2) is 61.2 Å². The standard InChI is InChI=1S/C22H35NO3.C19H31NO.C5H8O2/c1-2-3-4-5-6-7-16-26-21-12-8-10-19(17-21)20-11-9-14-23(18-20)15-13-22(24)25;1-2-3-4-5-6-7-14-21-19-12-8-10-17(15-19)18-11-9-13-20-16-18;1-3-5(6)7-4-2/h8,10,12,17,20H,2-7,9,11,13-16,18H2,1H3,(H,24,25);8,10,12,15,18,20H,2-7,9,11,13-14,16H2,1H3;3H,1,4H2,2H3. The molecule has 304 valence electrons. The summed E-state index contributed by atoms with van der Waals surface area (Å²) in [7, 11) is 0. The lowest BCUT2D eigenvalue weighted by Gasteiger charge is -2.32. The van der Waals surface area contributed by atoms with Crippen LogP contribution in [-0.4, -0.2) is 74.5 Å². The number of ether oxygens (including phenoxy) is 3. The number of nitrogens with zero attached hydrogens (tertiary/aromatic N) is 1. The predicted molar refractivity (Wildman–Crippen MR) is 223 cm³/mol. The number of hydrogen-bond acceptors (Lipinski definition) is 7. The second kappa shape index (κ2) is 30.9. The Morgan fingerprint density at radius 1 is 0.796 bits per heavy atom. The Kier molecular flexibility index (Phi) is 26.8. The fraction of sp³-hybridized carbons (Fsp3) is 0.652. The fourth-order valence-electron chi connectivity index (χ4n) is 6.98. The molecule has 0 aromatic heterocycles. The van der Waals surface area contributed by atoms with Crippen LogP contribution in [0.1, 0.15) is 153 Å². The molecule has 0 saturated carbocycles. The van der Waals surface area contributed by atoms with Gasteiger partial charge in [0.05, 0.1) is 26.2 Å². The van der Waals surface area contributed by atoms with E-state index in [1.807, 2.05) is 6.07 Å². The minimum absolute atomic E-state index is 0.230. The number of carboxylic acids is 1. The van der Waals surface area contributed by atoms with Crippen LogP contribution in [-0.2, 0) is 14.3 Å². The summed E-state index contributed by atoms with van der Waals surface area (Å²) < 4.78 is 16.3. The van der Waals surface area contributed by atoms with Crippen LogP contribution >= 0.6 is 0 Å². The number of unbranched alkanes of at least 4 members (excludes halogenated alkanes) is 10. The second-order valence-corrected chi connectivity index (χ2v) is 14.7. The van der Waals surface area contributed by atoms with E-state index < -0.39 is 5.97 Å². The summed E-state index contributed by atoms with van der Waals surface area (Å²) in [6.07, 6.45) is 21.8. The van der Waals surface area contributed by atoms with Crippen molar-refractivity contribution in [2.24, 2.45) is 0 Å². The summed E-state index contributed by atoms with van der Waals surface area (Å²) >= 11 is 0. The molecular weight excluding hydrogens is 677 g/mol. The van der Waals surface area contributed by atoms with Gasteiger partial charge in [0.2, 0.25) is 0 Å². The van der Waals surface area contributed by atoms with E-state index in [4.69, 9.17) is 14.6 Å². The van der Waals surface area contributed by atoms with Crippen molar-refractivity contribution < 1.29 is 28.9 Å². The molecule has 0 radical (unpaired) electrons. The number of rotatable bonds is 23. The van der Waals surface area contributed by atoms with Crippen molar-refractivity contribution in [3.05, 3.63) is 72.3 Å². The molecule has 0 amide bonds. The number of piperidine rings is 2. The molecule has 2 N–H and O–H groups in total. The lowest BCUT2D eigenvalue weighted by Crippen LogP contribution is -2.35. The first-order chi connectivity index (χ1) is 26.4. The summed E-state index contributed by atoms with van der Waals surface area (Å²) in [5, 5.41) is 12.4. The van der Waals surface area contributed by atoms with Crippen molar-refractivity contribution in [2.45, 2.75) is 142 Å². The molecule has 0 aliphatic carbocycles. The molecule has 2 heterocycles. The number of esters is 1. The summed E-state index contributed by atoms with van der Waals surface area (Å²) in [5.41, 5.74) is 2.76. The molecule has 8 heteroatoms. The van der Waals surface area contributed by atoms with Crippen LogP contribution in [0, 0.1) is 0 Å². The van der Waals surface area contributed by atoms with Crippen LogP contribution in [0.4, 0.5) is 0 Å². The van der Waals surface area contributed by atoms with Crippen molar-refractivity contribution in [3.8, 4) is 11.5 Å². The number of hydrogen-bond donors (Lipinski definition) is 2. The van der Waals surface area contributed by atoms with Gasteiger partial charge in [0.15, 0.2) is 0 Å². The van der Waals surface area contributed by atoms with Crippen molar-refractivity contribution in [3.63, 3.8) is 0 Å². The Balaban J connectivity index is 0.000000322. The summed E-state index contributed by atoms with van der Waals surface area (Å²) in [5.74, 6) is 2.09. The van der Waals surface area contributed by atoms with Gasteiger partial charge < -0.3 is 29.5 Å². The fourth-order valence-corrected chi connectivity index (χ4v) is 6.98. The Morgan fingerprint density at radius 3 is 1.85 bits per heavy atom. The molecular formula is C46H74N2O6.